The van der Waals surface area contributed by atoms with Crippen molar-refractivity contribution in [2.75, 3.05) is 11.9 Å². The Morgan fingerprint density at radius 3 is 2.96 bits per heavy atom. The largest absolute Gasteiger partial charge is 0.475 e. The average Bonchev–Trinajstić information content (AvgIpc) is 3.03. The number of hydrogen-bond donors (Lipinski definition) is 2. The summed E-state index contributed by atoms with van der Waals surface area (Å²) in [7, 11) is 0. The summed E-state index contributed by atoms with van der Waals surface area (Å²) < 4.78 is 20.8. The van der Waals surface area contributed by atoms with Gasteiger partial charge in [-0.1, -0.05) is 0 Å². The van der Waals surface area contributed by atoms with Crippen molar-refractivity contribution in [3.63, 3.8) is 0 Å². The van der Waals surface area contributed by atoms with Crippen LogP contribution in [0.4, 0.5) is 15.0 Å². The molecular weight excluding hydrogens is 339 g/mol. The third kappa shape index (κ3) is 2.92. The number of fused-ring (bicyclic) bond motifs is 2. The molecule has 0 aliphatic carbocycles. The van der Waals surface area contributed by atoms with Crippen LogP contribution in [0.1, 0.15) is 25.5 Å². The second kappa shape index (κ2) is 6.25. The van der Waals surface area contributed by atoms with Crippen molar-refractivity contribution in [2.45, 2.75) is 25.9 Å². The van der Waals surface area contributed by atoms with Gasteiger partial charge in [0.15, 0.2) is 5.65 Å². The van der Waals surface area contributed by atoms with Crippen molar-refractivity contribution in [3.05, 3.63) is 42.1 Å². The summed E-state index contributed by atoms with van der Waals surface area (Å²) in [6.45, 7) is 3.85. The summed E-state index contributed by atoms with van der Waals surface area (Å²) >= 11 is 0. The SMILES string of the molecule is C[C@@H]1Nc2ccc3ncn(c3n2)C(=O)N[C@@H](C)COc2ncc(F)cc21. The van der Waals surface area contributed by atoms with Gasteiger partial charge in [0.05, 0.1) is 18.3 Å². The quantitative estimate of drug-likeness (QED) is 0.643. The van der Waals surface area contributed by atoms with Crippen molar-refractivity contribution in [1.82, 2.24) is 24.8 Å². The van der Waals surface area contributed by atoms with E-state index in [0.29, 0.717) is 28.4 Å². The predicted octanol–water partition coefficient (Wildman–Crippen LogP) is 2.48. The molecule has 0 saturated heterocycles. The molecule has 0 unspecified atom stereocenters. The molecule has 2 N–H and O–H groups in total. The normalized spacial score (nSPS) is 20.2. The zero-order chi connectivity index (χ0) is 18.3. The van der Waals surface area contributed by atoms with Crippen molar-refractivity contribution in [2.24, 2.45) is 0 Å². The number of hydrogen-bond acceptors (Lipinski definition) is 6. The van der Waals surface area contributed by atoms with E-state index in [1.54, 1.807) is 19.1 Å². The number of carbonyl (C=O) groups excluding carboxylic acids is 1. The molecule has 1 amide bonds. The molecular formula is C17H17FN6O2. The number of amides is 1. The van der Waals surface area contributed by atoms with Gasteiger partial charge in [0.2, 0.25) is 5.88 Å². The number of carbonyl (C=O) groups is 1. The number of halogens is 1. The van der Waals surface area contributed by atoms with Crippen molar-refractivity contribution >= 4 is 23.0 Å². The van der Waals surface area contributed by atoms with Crippen molar-refractivity contribution < 1.29 is 13.9 Å². The number of pyridine rings is 2. The number of nitrogens with one attached hydrogen (secondary N) is 2. The van der Waals surface area contributed by atoms with E-state index in [-0.39, 0.29) is 24.7 Å². The first-order valence-corrected chi connectivity index (χ1v) is 8.21. The lowest BCUT2D eigenvalue weighted by Gasteiger charge is -2.19. The summed E-state index contributed by atoms with van der Waals surface area (Å²) in [4.78, 5) is 25.2. The van der Waals surface area contributed by atoms with E-state index in [4.69, 9.17) is 4.74 Å². The third-order valence-corrected chi connectivity index (χ3v) is 4.13. The van der Waals surface area contributed by atoms with Crippen LogP contribution in [0.15, 0.2) is 30.7 Å². The predicted molar refractivity (Wildman–Crippen MR) is 92.6 cm³/mol. The zero-order valence-corrected chi connectivity index (χ0v) is 14.2. The first kappa shape index (κ1) is 16.2. The Morgan fingerprint density at radius 1 is 1.27 bits per heavy atom. The maximum absolute atomic E-state index is 13.7. The molecule has 1 aliphatic heterocycles. The Labute approximate surface area is 148 Å². The number of imidazole rings is 1. The van der Waals surface area contributed by atoms with E-state index >= 15 is 0 Å². The second-order valence-electron chi connectivity index (χ2n) is 6.23. The fraction of sp³-hybridized carbons (Fsp3) is 0.294. The molecule has 0 saturated carbocycles. The number of nitrogens with zero attached hydrogens (tertiary/aromatic N) is 4. The van der Waals surface area contributed by atoms with Crippen molar-refractivity contribution in [3.8, 4) is 5.88 Å². The average molecular weight is 356 g/mol. The molecule has 3 aromatic rings. The molecule has 26 heavy (non-hydrogen) atoms. The van der Waals surface area contributed by atoms with E-state index in [1.165, 1.54) is 17.0 Å². The van der Waals surface area contributed by atoms with Gasteiger partial charge in [-0.2, -0.15) is 0 Å². The van der Waals surface area contributed by atoms with E-state index in [2.05, 4.69) is 25.6 Å². The summed E-state index contributed by atoms with van der Waals surface area (Å²) in [5.41, 5.74) is 1.60. The molecule has 4 heterocycles. The Morgan fingerprint density at radius 2 is 2.12 bits per heavy atom. The maximum atomic E-state index is 13.7. The molecule has 0 radical (unpaired) electrons. The van der Waals surface area contributed by atoms with E-state index in [9.17, 15) is 9.18 Å². The van der Waals surface area contributed by atoms with Gasteiger partial charge in [-0.05, 0) is 32.0 Å². The summed E-state index contributed by atoms with van der Waals surface area (Å²) in [5.74, 6) is 0.393. The van der Waals surface area contributed by atoms with E-state index in [1.807, 2.05) is 6.92 Å². The number of aromatic nitrogens is 4. The topological polar surface area (TPSA) is 94.0 Å². The molecule has 3 aromatic heterocycles. The summed E-state index contributed by atoms with van der Waals surface area (Å²) in [6, 6.07) is 3.94. The monoisotopic (exact) mass is 356 g/mol. The van der Waals surface area contributed by atoms with Crippen LogP contribution in [-0.4, -0.2) is 38.2 Å². The van der Waals surface area contributed by atoms with E-state index in [0.717, 1.165) is 6.20 Å². The molecule has 0 aromatic carbocycles. The Kier molecular flexibility index (Phi) is 3.90. The van der Waals surface area contributed by atoms with Gasteiger partial charge >= 0.3 is 6.03 Å². The Balaban J connectivity index is 1.82. The van der Waals surface area contributed by atoms with Crippen molar-refractivity contribution in [1.29, 1.82) is 0 Å². The highest BCUT2D eigenvalue weighted by Gasteiger charge is 2.20. The second-order valence-corrected chi connectivity index (χ2v) is 6.23. The van der Waals surface area contributed by atoms with Gasteiger partial charge in [-0.15, -0.1) is 0 Å². The lowest BCUT2D eigenvalue weighted by molar-refractivity contribution is 0.226. The van der Waals surface area contributed by atoms with Gasteiger partial charge in [-0.3, -0.25) is 0 Å². The van der Waals surface area contributed by atoms with Crippen LogP contribution in [-0.2, 0) is 0 Å². The lowest BCUT2D eigenvalue weighted by atomic mass is 10.1. The van der Waals surface area contributed by atoms with Gasteiger partial charge < -0.3 is 15.4 Å². The minimum Gasteiger partial charge on any atom is -0.475 e. The molecule has 8 nitrogen and oxygen atoms in total. The van der Waals surface area contributed by atoms with Gasteiger partial charge in [0, 0.05) is 5.56 Å². The highest BCUT2D eigenvalue weighted by molar-refractivity contribution is 5.87. The van der Waals surface area contributed by atoms with Crippen LogP contribution in [0, 0.1) is 5.82 Å². The molecule has 0 spiro atoms. The first-order chi connectivity index (χ1) is 12.5. The minimum atomic E-state index is -0.451. The zero-order valence-electron chi connectivity index (χ0n) is 14.2. The fourth-order valence-electron chi connectivity index (χ4n) is 2.82. The molecule has 2 atom stereocenters. The van der Waals surface area contributed by atoms with Crippen LogP contribution < -0.4 is 15.4 Å². The van der Waals surface area contributed by atoms with Gasteiger partial charge in [-0.25, -0.2) is 28.7 Å². The van der Waals surface area contributed by atoms with Gasteiger partial charge in [0.25, 0.3) is 0 Å². The summed E-state index contributed by atoms with van der Waals surface area (Å²) in [5, 5.41) is 6.02. The van der Waals surface area contributed by atoms with Crippen LogP contribution in [0.2, 0.25) is 0 Å². The summed E-state index contributed by atoms with van der Waals surface area (Å²) in [6.07, 6.45) is 2.54. The molecule has 4 rings (SSSR count). The first-order valence-electron chi connectivity index (χ1n) is 8.21. The van der Waals surface area contributed by atoms with E-state index < -0.39 is 5.82 Å². The van der Waals surface area contributed by atoms with Crippen LogP contribution in [0.5, 0.6) is 5.88 Å². The van der Waals surface area contributed by atoms with Crippen LogP contribution in [0.25, 0.3) is 11.2 Å². The number of rotatable bonds is 0. The number of anilines is 1. The lowest BCUT2D eigenvalue weighted by Crippen LogP contribution is -2.39. The molecule has 134 valence electrons. The minimum absolute atomic E-state index is 0.187. The number of ether oxygens (including phenoxy) is 1. The highest BCUT2D eigenvalue weighted by Crippen LogP contribution is 2.27. The smallest absolute Gasteiger partial charge is 0.328 e. The van der Waals surface area contributed by atoms with Gasteiger partial charge in [0.1, 0.15) is 30.1 Å². The highest BCUT2D eigenvalue weighted by atomic mass is 19.1. The fourth-order valence-corrected chi connectivity index (χ4v) is 2.82. The standard InChI is InChI=1S/C17H17FN6O2/c1-9-7-26-16-12(5-11(18)6-19-16)10(2)22-14-4-3-13-15(23-14)24(8-20-13)17(25)21-9/h3-6,8-10H,7H2,1-2H3,(H,21,25)(H,22,23)/t9-,10-/m0/s1. The molecule has 2 bridgehead atoms. The molecule has 1 aliphatic rings. The molecule has 0 fully saturated rings. The molecule has 9 heteroatoms. The van der Waals surface area contributed by atoms with Crippen LogP contribution in [0.3, 0.4) is 0 Å². The Bertz CT molecular complexity index is 989. The Hall–Kier alpha value is -3.23. The third-order valence-electron chi connectivity index (χ3n) is 4.13. The van der Waals surface area contributed by atoms with Crippen LogP contribution >= 0.6 is 0 Å². The maximum Gasteiger partial charge on any atom is 0.328 e.